The van der Waals surface area contributed by atoms with Gasteiger partial charge in [-0.2, -0.15) is 0 Å². The summed E-state index contributed by atoms with van der Waals surface area (Å²) in [6.45, 7) is 0. The van der Waals surface area contributed by atoms with Crippen molar-refractivity contribution in [1.29, 1.82) is 0 Å². The molecule has 0 bridgehead atoms. The Kier molecular flexibility index (Phi) is 5.67. The van der Waals surface area contributed by atoms with Gasteiger partial charge in [0.05, 0.1) is 0 Å². The normalized spacial score (nSPS) is 12.4. The van der Waals surface area contributed by atoms with Gasteiger partial charge in [-0.1, -0.05) is 18.2 Å². The van der Waals surface area contributed by atoms with E-state index in [-0.39, 0.29) is 11.9 Å². The van der Waals surface area contributed by atoms with Crippen LogP contribution in [0.1, 0.15) is 5.56 Å². The van der Waals surface area contributed by atoms with E-state index in [9.17, 15) is 13.2 Å². The molecular weight excluding hydrogens is 297 g/mol. The van der Waals surface area contributed by atoms with Gasteiger partial charge in [0, 0.05) is 22.8 Å². The van der Waals surface area contributed by atoms with E-state index in [0.29, 0.717) is 22.6 Å². The minimum atomic E-state index is -0.616. The Labute approximate surface area is 125 Å². The summed E-state index contributed by atoms with van der Waals surface area (Å²) in [7, 11) is 0. The molecule has 0 saturated carbocycles. The Morgan fingerprint density at radius 3 is 2.48 bits per heavy atom. The quantitative estimate of drug-likeness (QED) is 0.488. The van der Waals surface area contributed by atoms with Crippen molar-refractivity contribution in [2.75, 3.05) is 5.75 Å². The molecule has 6 heteroatoms. The molecule has 0 aliphatic carbocycles. The fraction of sp³-hybridized carbons (Fsp3) is 0.200. The highest BCUT2D eigenvalue weighted by atomic mass is 32.2. The Morgan fingerprint density at radius 1 is 1.05 bits per heavy atom. The van der Waals surface area contributed by atoms with E-state index in [0.717, 1.165) is 6.07 Å². The second-order valence-electron chi connectivity index (χ2n) is 4.54. The van der Waals surface area contributed by atoms with Crippen molar-refractivity contribution >= 4 is 11.8 Å². The van der Waals surface area contributed by atoms with Gasteiger partial charge >= 0.3 is 0 Å². The van der Waals surface area contributed by atoms with Crippen LogP contribution in [0.4, 0.5) is 13.2 Å². The Balaban J connectivity index is 1.99. The second-order valence-corrected chi connectivity index (χ2v) is 5.61. The van der Waals surface area contributed by atoms with Crippen LogP contribution in [-0.2, 0) is 6.42 Å². The Morgan fingerprint density at radius 2 is 1.81 bits per heavy atom. The Hall–Kier alpha value is -1.50. The largest absolute Gasteiger partial charge is 0.271 e. The number of nitrogens with one attached hydrogen (secondary N) is 1. The number of thioether (sulfide) groups is 1. The van der Waals surface area contributed by atoms with Crippen LogP contribution < -0.4 is 11.3 Å². The highest BCUT2D eigenvalue weighted by molar-refractivity contribution is 7.99. The van der Waals surface area contributed by atoms with Gasteiger partial charge in [0.15, 0.2) is 0 Å². The van der Waals surface area contributed by atoms with Gasteiger partial charge in [-0.25, -0.2) is 13.2 Å². The topological polar surface area (TPSA) is 38.0 Å². The zero-order chi connectivity index (χ0) is 15.2. The van der Waals surface area contributed by atoms with Gasteiger partial charge in [-0.05, 0) is 30.2 Å². The lowest BCUT2D eigenvalue weighted by atomic mass is 10.1. The third-order valence-corrected chi connectivity index (χ3v) is 4.20. The maximum absolute atomic E-state index is 13.6. The monoisotopic (exact) mass is 312 g/mol. The molecule has 0 saturated heterocycles. The lowest BCUT2D eigenvalue weighted by Crippen LogP contribution is -2.38. The van der Waals surface area contributed by atoms with Crippen molar-refractivity contribution in [1.82, 2.24) is 5.43 Å². The Bertz CT molecular complexity index is 607. The SMILES string of the molecule is NNC(CSc1ccccc1F)Cc1ccc(F)cc1F. The van der Waals surface area contributed by atoms with Gasteiger partial charge in [0.1, 0.15) is 17.5 Å². The van der Waals surface area contributed by atoms with E-state index in [2.05, 4.69) is 5.43 Å². The van der Waals surface area contributed by atoms with Crippen molar-refractivity contribution < 1.29 is 13.2 Å². The molecule has 112 valence electrons. The first kappa shape index (κ1) is 15.9. The van der Waals surface area contributed by atoms with Crippen molar-refractivity contribution in [3.05, 3.63) is 65.5 Å². The summed E-state index contributed by atoms with van der Waals surface area (Å²) < 4.78 is 40.0. The molecule has 1 unspecified atom stereocenters. The number of halogens is 3. The number of rotatable bonds is 6. The van der Waals surface area contributed by atoms with Crippen LogP contribution in [0.5, 0.6) is 0 Å². The first-order valence-electron chi connectivity index (χ1n) is 6.37. The van der Waals surface area contributed by atoms with Crippen LogP contribution in [-0.4, -0.2) is 11.8 Å². The van der Waals surface area contributed by atoms with E-state index in [1.54, 1.807) is 18.2 Å². The molecule has 0 heterocycles. The first-order chi connectivity index (χ1) is 10.1. The molecule has 0 amide bonds. The van der Waals surface area contributed by atoms with E-state index < -0.39 is 11.6 Å². The van der Waals surface area contributed by atoms with Gasteiger partial charge < -0.3 is 0 Å². The van der Waals surface area contributed by atoms with E-state index >= 15 is 0 Å². The summed E-state index contributed by atoms with van der Waals surface area (Å²) in [4.78, 5) is 0.511. The molecule has 0 aliphatic rings. The zero-order valence-electron chi connectivity index (χ0n) is 11.2. The molecule has 21 heavy (non-hydrogen) atoms. The van der Waals surface area contributed by atoms with Gasteiger partial charge in [-0.3, -0.25) is 11.3 Å². The van der Waals surface area contributed by atoms with Crippen LogP contribution in [0.15, 0.2) is 47.4 Å². The molecule has 2 aromatic carbocycles. The van der Waals surface area contributed by atoms with Gasteiger partial charge in [0.2, 0.25) is 0 Å². The summed E-state index contributed by atoms with van der Waals surface area (Å²) in [6.07, 6.45) is 0.296. The van der Waals surface area contributed by atoms with Crippen molar-refractivity contribution in [2.45, 2.75) is 17.4 Å². The van der Waals surface area contributed by atoms with Gasteiger partial charge in [-0.15, -0.1) is 11.8 Å². The molecule has 0 fully saturated rings. The van der Waals surface area contributed by atoms with Crippen LogP contribution >= 0.6 is 11.8 Å². The average Bonchev–Trinajstić information content (AvgIpc) is 2.47. The molecule has 1 atom stereocenters. The molecular formula is C15H15F3N2S. The third kappa shape index (κ3) is 4.49. The molecule has 2 nitrogen and oxygen atoms in total. The van der Waals surface area contributed by atoms with Crippen molar-refractivity contribution in [3.8, 4) is 0 Å². The van der Waals surface area contributed by atoms with E-state index in [4.69, 9.17) is 5.84 Å². The predicted molar refractivity (Wildman–Crippen MR) is 78.3 cm³/mol. The van der Waals surface area contributed by atoms with E-state index in [1.807, 2.05) is 0 Å². The first-order valence-corrected chi connectivity index (χ1v) is 7.36. The molecule has 3 N–H and O–H groups in total. The predicted octanol–water partition coefficient (Wildman–Crippen LogP) is 3.27. The summed E-state index contributed by atoms with van der Waals surface area (Å²) >= 11 is 1.29. The highest BCUT2D eigenvalue weighted by Crippen LogP contribution is 2.23. The fourth-order valence-corrected chi connectivity index (χ4v) is 2.85. The number of hydrazine groups is 1. The average molecular weight is 312 g/mol. The molecule has 0 aromatic heterocycles. The summed E-state index contributed by atoms with van der Waals surface area (Å²) in [5.41, 5.74) is 2.95. The smallest absolute Gasteiger partial charge is 0.136 e. The number of benzene rings is 2. The maximum atomic E-state index is 13.6. The van der Waals surface area contributed by atoms with Crippen LogP contribution in [0.3, 0.4) is 0 Å². The lowest BCUT2D eigenvalue weighted by molar-refractivity contribution is 0.535. The minimum Gasteiger partial charge on any atom is -0.271 e. The summed E-state index contributed by atoms with van der Waals surface area (Å²) in [6, 6.07) is 9.60. The van der Waals surface area contributed by atoms with Gasteiger partial charge in [0.25, 0.3) is 0 Å². The molecule has 2 rings (SSSR count). The second kappa shape index (κ2) is 7.49. The standard InChI is InChI=1S/C15H15F3N2S/c16-11-6-5-10(14(18)8-11)7-12(20-19)9-21-15-4-2-1-3-13(15)17/h1-6,8,12,20H,7,9,19H2. The number of hydrogen-bond donors (Lipinski definition) is 2. The van der Waals surface area contributed by atoms with Crippen LogP contribution in [0.25, 0.3) is 0 Å². The fourth-order valence-electron chi connectivity index (χ4n) is 1.87. The maximum Gasteiger partial charge on any atom is 0.136 e. The van der Waals surface area contributed by atoms with Crippen molar-refractivity contribution in [3.63, 3.8) is 0 Å². The molecule has 0 aliphatic heterocycles. The molecule has 2 aromatic rings. The minimum absolute atomic E-state index is 0.255. The third-order valence-electron chi connectivity index (χ3n) is 2.99. The summed E-state index contributed by atoms with van der Waals surface area (Å²) in [5.74, 6) is 4.39. The lowest BCUT2D eigenvalue weighted by Gasteiger charge is -2.16. The highest BCUT2D eigenvalue weighted by Gasteiger charge is 2.13. The van der Waals surface area contributed by atoms with Crippen LogP contribution in [0, 0.1) is 17.5 Å². The molecule has 0 spiro atoms. The number of hydrogen-bond acceptors (Lipinski definition) is 3. The molecule has 0 radical (unpaired) electrons. The number of nitrogens with two attached hydrogens (primary N) is 1. The summed E-state index contributed by atoms with van der Waals surface area (Å²) in [5, 5.41) is 0. The van der Waals surface area contributed by atoms with Crippen LogP contribution in [0.2, 0.25) is 0 Å². The van der Waals surface area contributed by atoms with Crippen molar-refractivity contribution in [2.24, 2.45) is 5.84 Å². The van der Waals surface area contributed by atoms with E-state index in [1.165, 1.54) is 30.0 Å². The zero-order valence-corrected chi connectivity index (χ0v) is 12.0.